The summed E-state index contributed by atoms with van der Waals surface area (Å²) in [5, 5.41) is 3.45. The molecule has 2 atom stereocenters. The van der Waals surface area contributed by atoms with Gasteiger partial charge in [0.25, 0.3) is 0 Å². The SMILES string of the molecule is C[C@H](C(=O)N[C@@H]1CCCc2ccccc21)N(c1cccc(Cl)c1)S(C)(=O)=O. The van der Waals surface area contributed by atoms with E-state index in [4.69, 9.17) is 11.6 Å². The fourth-order valence-electron chi connectivity index (χ4n) is 3.62. The van der Waals surface area contributed by atoms with Crippen molar-refractivity contribution in [3.63, 3.8) is 0 Å². The van der Waals surface area contributed by atoms with Crippen LogP contribution in [0.15, 0.2) is 48.5 Å². The fraction of sp³-hybridized carbons (Fsp3) is 0.350. The smallest absolute Gasteiger partial charge is 0.244 e. The number of anilines is 1. The van der Waals surface area contributed by atoms with Crippen LogP contribution in [0.4, 0.5) is 5.69 Å². The molecule has 2 aromatic rings. The van der Waals surface area contributed by atoms with Crippen molar-refractivity contribution in [2.24, 2.45) is 0 Å². The quantitative estimate of drug-likeness (QED) is 0.823. The molecule has 1 N–H and O–H groups in total. The second-order valence-electron chi connectivity index (χ2n) is 6.87. The van der Waals surface area contributed by atoms with E-state index >= 15 is 0 Å². The van der Waals surface area contributed by atoms with Gasteiger partial charge < -0.3 is 5.32 Å². The van der Waals surface area contributed by atoms with Crippen molar-refractivity contribution in [2.45, 2.75) is 38.3 Å². The Balaban J connectivity index is 1.85. The second-order valence-corrected chi connectivity index (χ2v) is 9.16. The number of rotatable bonds is 5. The number of carbonyl (C=O) groups excluding carboxylic acids is 1. The molecular weight excluding hydrogens is 384 g/mol. The van der Waals surface area contributed by atoms with E-state index in [1.165, 1.54) is 5.56 Å². The van der Waals surface area contributed by atoms with Crippen molar-refractivity contribution < 1.29 is 13.2 Å². The average molecular weight is 407 g/mol. The molecule has 27 heavy (non-hydrogen) atoms. The molecule has 1 aliphatic carbocycles. The molecule has 0 aromatic heterocycles. The maximum atomic E-state index is 12.9. The minimum atomic E-state index is -3.67. The van der Waals surface area contributed by atoms with Crippen LogP contribution >= 0.6 is 11.6 Å². The third-order valence-electron chi connectivity index (χ3n) is 4.84. The summed E-state index contributed by atoms with van der Waals surface area (Å²) in [4.78, 5) is 12.9. The number of amides is 1. The minimum Gasteiger partial charge on any atom is -0.347 e. The van der Waals surface area contributed by atoms with Crippen molar-refractivity contribution in [3.8, 4) is 0 Å². The zero-order chi connectivity index (χ0) is 19.6. The summed E-state index contributed by atoms with van der Waals surface area (Å²) in [5.41, 5.74) is 2.71. The third-order valence-corrected chi connectivity index (χ3v) is 6.31. The molecule has 0 unspecified atom stereocenters. The molecular formula is C20H23ClN2O3S. The number of hydrogen-bond donors (Lipinski definition) is 1. The highest BCUT2D eigenvalue weighted by Gasteiger charge is 2.31. The summed E-state index contributed by atoms with van der Waals surface area (Å²) < 4.78 is 25.9. The van der Waals surface area contributed by atoms with E-state index in [0.29, 0.717) is 10.7 Å². The molecule has 1 amide bonds. The number of nitrogens with one attached hydrogen (secondary N) is 1. The number of hydrogen-bond acceptors (Lipinski definition) is 3. The molecule has 2 aromatic carbocycles. The van der Waals surface area contributed by atoms with Crippen LogP contribution in [0.2, 0.25) is 5.02 Å². The van der Waals surface area contributed by atoms with Crippen LogP contribution in [0.1, 0.15) is 36.9 Å². The van der Waals surface area contributed by atoms with E-state index in [1.54, 1.807) is 31.2 Å². The number of fused-ring (bicyclic) bond motifs is 1. The standard InChI is InChI=1S/C20H23ClN2O3S/c1-14(23(27(2,25)26)17-10-6-9-16(21)13-17)20(24)22-19-12-5-8-15-7-3-4-11-18(15)19/h3-4,6-7,9-11,13-14,19H,5,8,12H2,1-2H3,(H,22,24)/t14-,19-/m1/s1. The topological polar surface area (TPSA) is 66.5 Å². The molecule has 0 spiro atoms. The monoisotopic (exact) mass is 406 g/mol. The van der Waals surface area contributed by atoms with Gasteiger partial charge in [-0.2, -0.15) is 0 Å². The van der Waals surface area contributed by atoms with E-state index < -0.39 is 16.1 Å². The fourth-order valence-corrected chi connectivity index (χ4v) is 4.97. The average Bonchev–Trinajstić information content (AvgIpc) is 2.61. The summed E-state index contributed by atoms with van der Waals surface area (Å²) in [6, 6.07) is 13.6. The Kier molecular flexibility index (Phi) is 5.77. The molecule has 0 saturated heterocycles. The largest absolute Gasteiger partial charge is 0.347 e. The van der Waals surface area contributed by atoms with Crippen molar-refractivity contribution in [2.75, 3.05) is 10.6 Å². The van der Waals surface area contributed by atoms with Gasteiger partial charge >= 0.3 is 0 Å². The lowest BCUT2D eigenvalue weighted by Gasteiger charge is -2.31. The Labute approximate surface area is 165 Å². The lowest BCUT2D eigenvalue weighted by molar-refractivity contribution is -0.122. The molecule has 0 bridgehead atoms. The molecule has 144 valence electrons. The predicted molar refractivity (Wildman–Crippen MR) is 109 cm³/mol. The van der Waals surface area contributed by atoms with Crippen LogP contribution in [0, 0.1) is 0 Å². The summed E-state index contributed by atoms with van der Waals surface area (Å²) in [7, 11) is -3.67. The van der Waals surface area contributed by atoms with E-state index in [1.807, 2.05) is 18.2 Å². The molecule has 3 rings (SSSR count). The summed E-state index contributed by atoms with van der Waals surface area (Å²) in [5.74, 6) is -0.331. The molecule has 0 radical (unpaired) electrons. The van der Waals surface area contributed by atoms with E-state index in [9.17, 15) is 13.2 Å². The number of sulfonamides is 1. The van der Waals surface area contributed by atoms with Gasteiger partial charge in [0.05, 0.1) is 18.0 Å². The number of aryl methyl sites for hydroxylation is 1. The normalized spacial score (nSPS) is 17.7. The Morgan fingerprint density at radius 2 is 1.96 bits per heavy atom. The zero-order valence-electron chi connectivity index (χ0n) is 15.4. The molecule has 0 aliphatic heterocycles. The highest BCUT2D eigenvalue weighted by molar-refractivity contribution is 7.92. The van der Waals surface area contributed by atoms with Gasteiger partial charge in [-0.15, -0.1) is 0 Å². The van der Waals surface area contributed by atoms with Crippen LogP contribution in [-0.2, 0) is 21.2 Å². The number of benzene rings is 2. The first-order valence-electron chi connectivity index (χ1n) is 8.90. The summed E-state index contributed by atoms with van der Waals surface area (Å²) in [6.45, 7) is 1.59. The van der Waals surface area contributed by atoms with Crippen molar-refractivity contribution in [1.82, 2.24) is 5.32 Å². The maximum Gasteiger partial charge on any atom is 0.244 e. The lowest BCUT2D eigenvalue weighted by atomic mass is 9.87. The first kappa shape index (κ1) is 19.7. The van der Waals surface area contributed by atoms with Gasteiger partial charge in [-0.3, -0.25) is 9.10 Å². The van der Waals surface area contributed by atoms with Gasteiger partial charge in [-0.05, 0) is 55.5 Å². The highest BCUT2D eigenvalue weighted by atomic mass is 35.5. The number of halogens is 1. The Morgan fingerprint density at radius 1 is 1.22 bits per heavy atom. The Morgan fingerprint density at radius 3 is 2.67 bits per heavy atom. The lowest BCUT2D eigenvalue weighted by Crippen LogP contribution is -2.49. The Bertz CT molecular complexity index is 946. The molecule has 0 fully saturated rings. The van der Waals surface area contributed by atoms with E-state index in [2.05, 4.69) is 11.4 Å². The molecule has 0 saturated carbocycles. The molecule has 0 heterocycles. The number of carbonyl (C=O) groups is 1. The second kappa shape index (κ2) is 7.90. The van der Waals surface area contributed by atoms with Gasteiger partial charge in [0.1, 0.15) is 6.04 Å². The van der Waals surface area contributed by atoms with Crippen LogP contribution in [0.25, 0.3) is 0 Å². The Hall–Kier alpha value is -2.05. The van der Waals surface area contributed by atoms with Gasteiger partial charge in [-0.25, -0.2) is 8.42 Å². The highest BCUT2D eigenvalue weighted by Crippen LogP contribution is 2.30. The maximum absolute atomic E-state index is 12.9. The molecule has 5 nitrogen and oxygen atoms in total. The summed E-state index contributed by atoms with van der Waals surface area (Å²) in [6.07, 6.45) is 3.91. The first-order chi connectivity index (χ1) is 12.8. The molecule has 7 heteroatoms. The van der Waals surface area contributed by atoms with Gasteiger partial charge in [-0.1, -0.05) is 41.9 Å². The van der Waals surface area contributed by atoms with Gasteiger partial charge in [0.15, 0.2) is 0 Å². The van der Waals surface area contributed by atoms with E-state index in [-0.39, 0.29) is 11.9 Å². The van der Waals surface area contributed by atoms with Crippen molar-refractivity contribution in [1.29, 1.82) is 0 Å². The van der Waals surface area contributed by atoms with Gasteiger partial charge in [0.2, 0.25) is 15.9 Å². The first-order valence-corrected chi connectivity index (χ1v) is 11.1. The van der Waals surface area contributed by atoms with Crippen LogP contribution in [0.5, 0.6) is 0 Å². The van der Waals surface area contributed by atoms with E-state index in [0.717, 1.165) is 35.4 Å². The zero-order valence-corrected chi connectivity index (χ0v) is 16.9. The number of nitrogens with zero attached hydrogens (tertiary/aromatic N) is 1. The molecule has 1 aliphatic rings. The summed E-state index contributed by atoms with van der Waals surface area (Å²) >= 11 is 6.01. The van der Waals surface area contributed by atoms with Crippen molar-refractivity contribution in [3.05, 3.63) is 64.7 Å². The van der Waals surface area contributed by atoms with Crippen molar-refractivity contribution >= 4 is 33.2 Å². The van der Waals surface area contributed by atoms with Crippen LogP contribution in [0.3, 0.4) is 0 Å². The van der Waals surface area contributed by atoms with Gasteiger partial charge in [0, 0.05) is 5.02 Å². The predicted octanol–water partition coefficient (Wildman–Crippen LogP) is 3.69. The third kappa shape index (κ3) is 4.45. The minimum absolute atomic E-state index is 0.106. The van der Waals surface area contributed by atoms with Crippen LogP contribution in [-0.4, -0.2) is 26.6 Å². The van der Waals surface area contributed by atoms with Crippen LogP contribution < -0.4 is 9.62 Å².